The number of rotatable bonds is 5. The van der Waals surface area contributed by atoms with Gasteiger partial charge in [0.1, 0.15) is 0 Å². The summed E-state index contributed by atoms with van der Waals surface area (Å²) < 4.78 is 5.30. The Kier molecular flexibility index (Phi) is 4.42. The lowest BCUT2D eigenvalue weighted by molar-refractivity contribution is 0.0315. The number of nitrogens with zero attached hydrogens (tertiary/aromatic N) is 1. The second-order valence-electron chi connectivity index (χ2n) is 5.58. The molecule has 122 valence electrons. The Morgan fingerprint density at radius 3 is 2.54 bits per heavy atom. The number of ether oxygens (including phenoxy) is 1. The van der Waals surface area contributed by atoms with Crippen molar-refractivity contribution < 1.29 is 14.3 Å². The number of aromatic amines is 1. The number of hydrogen-bond donors (Lipinski definition) is 1. The minimum absolute atomic E-state index is 0.187. The first kappa shape index (κ1) is 15.9. The molecule has 2 aromatic carbocycles. The Morgan fingerprint density at radius 2 is 1.83 bits per heavy atom. The highest BCUT2D eigenvalue weighted by Gasteiger charge is 2.23. The van der Waals surface area contributed by atoms with Gasteiger partial charge in [0.15, 0.2) is 11.8 Å². The molecular weight excluding hydrogens is 304 g/mol. The number of aromatic nitrogens is 2. The van der Waals surface area contributed by atoms with Crippen LogP contribution in [0.3, 0.4) is 0 Å². The molecule has 0 aliphatic carbocycles. The van der Waals surface area contributed by atoms with Crippen LogP contribution < -0.4 is 0 Å². The van der Waals surface area contributed by atoms with Gasteiger partial charge in [0.2, 0.25) is 5.78 Å². The molecular formula is C19H18N2O3. The number of benzene rings is 2. The van der Waals surface area contributed by atoms with E-state index in [2.05, 4.69) is 17.1 Å². The van der Waals surface area contributed by atoms with Gasteiger partial charge in [-0.15, -0.1) is 0 Å². The zero-order valence-electron chi connectivity index (χ0n) is 13.6. The lowest BCUT2D eigenvalue weighted by Crippen LogP contribution is -2.24. The molecule has 0 spiro atoms. The third-order valence-electron chi connectivity index (χ3n) is 3.96. The number of aryl methyl sites for hydroxylation is 1. The molecule has 1 atom stereocenters. The van der Waals surface area contributed by atoms with Crippen LogP contribution in [0, 0.1) is 0 Å². The summed E-state index contributed by atoms with van der Waals surface area (Å²) >= 11 is 0. The first-order chi connectivity index (χ1) is 11.6. The fourth-order valence-electron chi connectivity index (χ4n) is 2.53. The molecule has 24 heavy (non-hydrogen) atoms. The lowest BCUT2D eigenvalue weighted by Gasteiger charge is -2.12. The van der Waals surface area contributed by atoms with E-state index in [1.807, 2.05) is 30.3 Å². The highest BCUT2D eigenvalue weighted by atomic mass is 16.5. The third-order valence-corrected chi connectivity index (χ3v) is 3.96. The standard InChI is InChI=1S/C19H18N2O3/c1-3-13-8-10-14(11-9-13)18(22)12(2)24-19(23)17-15-6-4-5-7-16(15)20-21-17/h4-12H,3H2,1-2H3,(H,20,21)/t12-/m1/s1. The molecule has 0 aliphatic rings. The molecule has 5 heteroatoms. The topological polar surface area (TPSA) is 72.1 Å². The summed E-state index contributed by atoms with van der Waals surface area (Å²) in [5.41, 5.74) is 2.61. The van der Waals surface area contributed by atoms with Crippen molar-refractivity contribution in [3.05, 3.63) is 65.4 Å². The molecule has 5 nitrogen and oxygen atoms in total. The minimum Gasteiger partial charge on any atom is -0.449 e. The summed E-state index contributed by atoms with van der Waals surface area (Å²) in [5, 5.41) is 7.45. The van der Waals surface area contributed by atoms with Crippen LogP contribution in [-0.2, 0) is 11.2 Å². The number of nitrogens with one attached hydrogen (secondary N) is 1. The normalized spacial score (nSPS) is 12.1. The Bertz CT molecular complexity index is 881. The van der Waals surface area contributed by atoms with E-state index in [9.17, 15) is 9.59 Å². The van der Waals surface area contributed by atoms with E-state index < -0.39 is 12.1 Å². The number of carbonyl (C=O) groups excluding carboxylic acids is 2. The number of fused-ring (bicyclic) bond motifs is 1. The summed E-state index contributed by atoms with van der Waals surface area (Å²) in [4.78, 5) is 24.7. The number of esters is 1. The van der Waals surface area contributed by atoms with Crippen LogP contribution in [0.4, 0.5) is 0 Å². The summed E-state index contributed by atoms with van der Waals surface area (Å²) in [7, 11) is 0. The highest BCUT2D eigenvalue weighted by molar-refractivity contribution is 6.04. The van der Waals surface area contributed by atoms with Crippen molar-refractivity contribution in [1.82, 2.24) is 10.2 Å². The van der Waals surface area contributed by atoms with Gasteiger partial charge in [-0.2, -0.15) is 5.10 Å². The van der Waals surface area contributed by atoms with Crippen molar-refractivity contribution in [2.45, 2.75) is 26.4 Å². The fraction of sp³-hybridized carbons (Fsp3) is 0.211. The van der Waals surface area contributed by atoms with Crippen molar-refractivity contribution in [2.75, 3.05) is 0 Å². The van der Waals surface area contributed by atoms with E-state index in [4.69, 9.17) is 4.74 Å². The van der Waals surface area contributed by atoms with Crippen molar-refractivity contribution >= 4 is 22.7 Å². The van der Waals surface area contributed by atoms with E-state index in [-0.39, 0.29) is 11.5 Å². The van der Waals surface area contributed by atoms with Gasteiger partial charge in [0.25, 0.3) is 0 Å². The number of para-hydroxylation sites is 1. The van der Waals surface area contributed by atoms with Crippen LogP contribution in [0.15, 0.2) is 48.5 Å². The molecule has 1 aromatic heterocycles. The van der Waals surface area contributed by atoms with E-state index in [1.54, 1.807) is 25.1 Å². The summed E-state index contributed by atoms with van der Waals surface area (Å²) in [6.45, 7) is 3.62. The smallest absolute Gasteiger partial charge is 0.360 e. The number of Topliss-reactive ketones (excluding diaryl/α,β-unsaturated/α-hetero) is 1. The van der Waals surface area contributed by atoms with Gasteiger partial charge in [-0.3, -0.25) is 9.89 Å². The largest absolute Gasteiger partial charge is 0.449 e. The van der Waals surface area contributed by atoms with Crippen LogP contribution in [-0.4, -0.2) is 28.1 Å². The van der Waals surface area contributed by atoms with Gasteiger partial charge in [-0.25, -0.2) is 4.79 Å². The van der Waals surface area contributed by atoms with Gasteiger partial charge >= 0.3 is 5.97 Å². The maximum absolute atomic E-state index is 12.4. The Hall–Kier alpha value is -2.95. The van der Waals surface area contributed by atoms with E-state index >= 15 is 0 Å². The number of carbonyl (C=O) groups is 2. The highest BCUT2D eigenvalue weighted by Crippen LogP contribution is 2.17. The minimum atomic E-state index is -0.875. The molecule has 1 N–H and O–H groups in total. The molecule has 1 heterocycles. The van der Waals surface area contributed by atoms with Crippen molar-refractivity contribution in [1.29, 1.82) is 0 Å². The molecule has 3 aromatic rings. The number of ketones is 1. The quantitative estimate of drug-likeness (QED) is 0.576. The molecule has 0 amide bonds. The van der Waals surface area contributed by atoms with Gasteiger partial charge in [0, 0.05) is 10.9 Å². The fourth-order valence-corrected chi connectivity index (χ4v) is 2.53. The predicted octanol–water partition coefficient (Wildman–Crippen LogP) is 3.55. The monoisotopic (exact) mass is 322 g/mol. The van der Waals surface area contributed by atoms with Crippen LogP contribution in [0.5, 0.6) is 0 Å². The van der Waals surface area contributed by atoms with Crippen LogP contribution in [0.1, 0.15) is 40.3 Å². The number of H-pyrrole nitrogens is 1. The average molecular weight is 322 g/mol. The Balaban J connectivity index is 1.74. The molecule has 0 saturated heterocycles. The van der Waals surface area contributed by atoms with E-state index in [0.29, 0.717) is 10.9 Å². The van der Waals surface area contributed by atoms with Gasteiger partial charge < -0.3 is 4.74 Å². The summed E-state index contributed by atoms with van der Waals surface area (Å²) in [5.74, 6) is -0.843. The maximum atomic E-state index is 12.4. The SMILES string of the molecule is CCc1ccc(C(=O)[C@@H](C)OC(=O)c2n[nH]c3ccccc23)cc1. The first-order valence-corrected chi connectivity index (χ1v) is 7.87. The second kappa shape index (κ2) is 6.66. The summed E-state index contributed by atoms with van der Waals surface area (Å²) in [6.07, 6.45) is 0.0334. The molecule has 0 saturated carbocycles. The number of hydrogen-bond acceptors (Lipinski definition) is 4. The predicted molar refractivity (Wildman–Crippen MR) is 91.1 cm³/mol. The average Bonchev–Trinajstić information content (AvgIpc) is 3.05. The van der Waals surface area contributed by atoms with Crippen LogP contribution in [0.25, 0.3) is 10.9 Å². The third kappa shape index (κ3) is 3.06. The summed E-state index contributed by atoms with van der Waals surface area (Å²) in [6, 6.07) is 14.6. The van der Waals surface area contributed by atoms with Crippen molar-refractivity contribution in [3.8, 4) is 0 Å². The second-order valence-corrected chi connectivity index (χ2v) is 5.58. The Labute approximate surface area is 139 Å². The van der Waals surface area contributed by atoms with Crippen molar-refractivity contribution in [3.63, 3.8) is 0 Å². The zero-order valence-corrected chi connectivity index (χ0v) is 13.6. The van der Waals surface area contributed by atoms with E-state index in [1.165, 1.54) is 0 Å². The Morgan fingerprint density at radius 1 is 1.12 bits per heavy atom. The van der Waals surface area contributed by atoms with E-state index in [0.717, 1.165) is 17.5 Å². The maximum Gasteiger partial charge on any atom is 0.360 e. The van der Waals surface area contributed by atoms with Crippen molar-refractivity contribution in [2.24, 2.45) is 0 Å². The lowest BCUT2D eigenvalue weighted by atomic mass is 10.0. The zero-order chi connectivity index (χ0) is 17.1. The molecule has 0 unspecified atom stereocenters. The molecule has 0 fully saturated rings. The van der Waals surface area contributed by atoms with Gasteiger partial charge in [-0.05, 0) is 25.0 Å². The molecule has 0 aliphatic heterocycles. The van der Waals surface area contributed by atoms with Crippen LogP contribution >= 0.6 is 0 Å². The van der Waals surface area contributed by atoms with Crippen LogP contribution in [0.2, 0.25) is 0 Å². The van der Waals surface area contributed by atoms with Gasteiger partial charge in [-0.1, -0.05) is 49.4 Å². The van der Waals surface area contributed by atoms with Gasteiger partial charge in [0.05, 0.1) is 5.52 Å². The molecule has 0 radical (unpaired) electrons. The molecule has 3 rings (SSSR count). The first-order valence-electron chi connectivity index (χ1n) is 7.87. The molecule has 0 bridgehead atoms.